The van der Waals surface area contributed by atoms with Gasteiger partial charge in [0.1, 0.15) is 6.26 Å². The van der Waals surface area contributed by atoms with E-state index in [1.807, 2.05) is 0 Å². The molecular weight excluding hydrogens is 162 g/mol. The van der Waals surface area contributed by atoms with Crippen LogP contribution >= 0.6 is 0 Å². The lowest BCUT2D eigenvalue weighted by molar-refractivity contribution is 0.487. The fraction of sp³-hybridized carbons (Fsp3) is 0.636. The van der Waals surface area contributed by atoms with E-state index in [0.29, 0.717) is 0 Å². The molecule has 0 spiro atoms. The highest BCUT2D eigenvalue weighted by Crippen LogP contribution is 2.08. The first kappa shape index (κ1) is 10.3. The number of unbranched alkanes of at least 4 members (excludes halogenated alkanes) is 2. The SMILES string of the molecule is [CH2]CCCc1nc(CCCC)co1. The highest BCUT2D eigenvalue weighted by Gasteiger charge is 2.02. The van der Waals surface area contributed by atoms with Crippen molar-refractivity contribution in [2.45, 2.75) is 45.4 Å². The number of nitrogens with zero attached hydrogens (tertiary/aromatic N) is 1. The second-order valence-electron chi connectivity index (χ2n) is 3.29. The molecule has 1 aromatic heterocycles. The van der Waals surface area contributed by atoms with Crippen LogP contribution in [0.5, 0.6) is 0 Å². The number of aryl methyl sites for hydroxylation is 2. The lowest BCUT2D eigenvalue weighted by atomic mass is 10.2. The summed E-state index contributed by atoms with van der Waals surface area (Å²) >= 11 is 0. The Bertz CT molecular complexity index is 207. The van der Waals surface area contributed by atoms with E-state index in [-0.39, 0.29) is 0 Å². The first-order chi connectivity index (χ1) is 6.36. The molecule has 2 heteroatoms. The van der Waals surface area contributed by atoms with E-state index < -0.39 is 0 Å². The van der Waals surface area contributed by atoms with Crippen LogP contribution in [-0.2, 0) is 12.8 Å². The molecule has 73 valence electrons. The summed E-state index contributed by atoms with van der Waals surface area (Å²) in [7, 11) is 0. The lowest BCUT2D eigenvalue weighted by Crippen LogP contribution is -1.87. The zero-order chi connectivity index (χ0) is 9.52. The van der Waals surface area contributed by atoms with Gasteiger partial charge in [0.2, 0.25) is 0 Å². The summed E-state index contributed by atoms with van der Waals surface area (Å²) in [5.74, 6) is 0.870. The maximum atomic E-state index is 5.32. The number of oxazole rings is 1. The van der Waals surface area contributed by atoms with E-state index in [1.165, 1.54) is 12.8 Å². The molecule has 0 aliphatic rings. The average molecular weight is 180 g/mol. The molecule has 0 amide bonds. The Morgan fingerprint density at radius 3 is 2.92 bits per heavy atom. The molecule has 0 aromatic carbocycles. The second kappa shape index (κ2) is 5.79. The Labute approximate surface area is 80.4 Å². The van der Waals surface area contributed by atoms with E-state index in [0.717, 1.165) is 37.3 Å². The van der Waals surface area contributed by atoms with E-state index in [9.17, 15) is 0 Å². The Morgan fingerprint density at radius 1 is 1.38 bits per heavy atom. The maximum absolute atomic E-state index is 5.32. The molecule has 1 aromatic rings. The molecule has 0 N–H and O–H groups in total. The van der Waals surface area contributed by atoms with Gasteiger partial charge < -0.3 is 4.42 Å². The van der Waals surface area contributed by atoms with Gasteiger partial charge in [0.25, 0.3) is 0 Å². The van der Waals surface area contributed by atoms with Gasteiger partial charge in [0.05, 0.1) is 5.69 Å². The molecule has 0 atom stereocenters. The minimum absolute atomic E-state index is 0.870. The lowest BCUT2D eigenvalue weighted by Gasteiger charge is -1.91. The third-order valence-corrected chi connectivity index (χ3v) is 2.03. The Morgan fingerprint density at radius 2 is 2.23 bits per heavy atom. The minimum atomic E-state index is 0.870. The molecule has 0 fully saturated rings. The average Bonchev–Trinajstić information content (AvgIpc) is 2.59. The third kappa shape index (κ3) is 3.62. The fourth-order valence-electron chi connectivity index (χ4n) is 1.21. The second-order valence-corrected chi connectivity index (χ2v) is 3.29. The molecule has 0 unspecified atom stereocenters. The quantitative estimate of drug-likeness (QED) is 0.672. The van der Waals surface area contributed by atoms with Crippen LogP contribution in [0, 0.1) is 6.92 Å². The zero-order valence-corrected chi connectivity index (χ0v) is 8.38. The maximum Gasteiger partial charge on any atom is 0.194 e. The highest BCUT2D eigenvalue weighted by molar-refractivity contribution is 4.96. The van der Waals surface area contributed by atoms with Crippen molar-refractivity contribution in [1.29, 1.82) is 0 Å². The van der Waals surface area contributed by atoms with Crippen LogP contribution in [0.15, 0.2) is 10.7 Å². The van der Waals surface area contributed by atoms with Crippen molar-refractivity contribution in [2.75, 3.05) is 0 Å². The Balaban J connectivity index is 2.34. The van der Waals surface area contributed by atoms with Crippen molar-refractivity contribution in [3.63, 3.8) is 0 Å². The van der Waals surface area contributed by atoms with Crippen molar-refractivity contribution in [2.24, 2.45) is 0 Å². The number of aromatic nitrogens is 1. The Hall–Kier alpha value is -0.790. The van der Waals surface area contributed by atoms with Crippen molar-refractivity contribution in [1.82, 2.24) is 4.98 Å². The van der Waals surface area contributed by atoms with Gasteiger partial charge in [0, 0.05) is 6.42 Å². The minimum Gasteiger partial charge on any atom is -0.449 e. The van der Waals surface area contributed by atoms with Crippen LogP contribution in [0.1, 0.15) is 44.2 Å². The van der Waals surface area contributed by atoms with Gasteiger partial charge in [-0.3, -0.25) is 0 Å². The van der Waals surface area contributed by atoms with E-state index in [2.05, 4.69) is 18.8 Å². The molecule has 0 saturated carbocycles. The molecule has 0 aliphatic heterocycles. The molecule has 0 aliphatic carbocycles. The number of rotatable bonds is 6. The largest absolute Gasteiger partial charge is 0.449 e. The van der Waals surface area contributed by atoms with Crippen LogP contribution < -0.4 is 0 Å². The van der Waals surface area contributed by atoms with Crippen molar-refractivity contribution >= 4 is 0 Å². The first-order valence-electron chi connectivity index (χ1n) is 5.09. The summed E-state index contributed by atoms with van der Waals surface area (Å²) in [6.07, 6.45) is 8.18. The summed E-state index contributed by atoms with van der Waals surface area (Å²) in [5, 5.41) is 0. The van der Waals surface area contributed by atoms with Gasteiger partial charge in [-0.1, -0.05) is 26.7 Å². The van der Waals surface area contributed by atoms with Gasteiger partial charge >= 0.3 is 0 Å². The summed E-state index contributed by atoms with van der Waals surface area (Å²) < 4.78 is 5.32. The molecule has 0 saturated heterocycles. The summed E-state index contributed by atoms with van der Waals surface area (Å²) in [5.41, 5.74) is 1.10. The normalized spacial score (nSPS) is 10.6. The van der Waals surface area contributed by atoms with Crippen molar-refractivity contribution in [3.8, 4) is 0 Å². The monoisotopic (exact) mass is 180 g/mol. The van der Waals surface area contributed by atoms with Crippen molar-refractivity contribution in [3.05, 3.63) is 24.8 Å². The van der Waals surface area contributed by atoms with Crippen LogP contribution in [0.25, 0.3) is 0 Å². The predicted molar refractivity (Wildman–Crippen MR) is 53.4 cm³/mol. The Kier molecular flexibility index (Phi) is 4.58. The van der Waals surface area contributed by atoms with Crippen LogP contribution in [-0.4, -0.2) is 4.98 Å². The molecule has 1 heterocycles. The first-order valence-corrected chi connectivity index (χ1v) is 5.09. The third-order valence-electron chi connectivity index (χ3n) is 2.03. The van der Waals surface area contributed by atoms with Gasteiger partial charge in [-0.15, -0.1) is 0 Å². The van der Waals surface area contributed by atoms with E-state index >= 15 is 0 Å². The predicted octanol–water partition coefficient (Wildman–Crippen LogP) is 3.17. The van der Waals surface area contributed by atoms with Crippen molar-refractivity contribution < 1.29 is 4.42 Å². The summed E-state index contributed by atoms with van der Waals surface area (Å²) in [6.45, 7) is 5.97. The fourth-order valence-corrected chi connectivity index (χ4v) is 1.21. The van der Waals surface area contributed by atoms with Gasteiger partial charge in [-0.2, -0.15) is 0 Å². The standard InChI is InChI=1S/C11H18NO/c1-3-5-7-10-9-13-11(12-10)8-6-4-2/h9H,2-8H2,1H3. The zero-order valence-electron chi connectivity index (χ0n) is 8.38. The van der Waals surface area contributed by atoms with Crippen LogP contribution in [0.3, 0.4) is 0 Å². The molecule has 0 bridgehead atoms. The highest BCUT2D eigenvalue weighted by atomic mass is 16.3. The van der Waals surface area contributed by atoms with E-state index in [4.69, 9.17) is 4.42 Å². The van der Waals surface area contributed by atoms with Gasteiger partial charge in [-0.25, -0.2) is 4.98 Å². The summed E-state index contributed by atoms with van der Waals surface area (Å²) in [6, 6.07) is 0. The molecule has 2 nitrogen and oxygen atoms in total. The van der Waals surface area contributed by atoms with E-state index in [1.54, 1.807) is 6.26 Å². The molecule has 1 rings (SSSR count). The molecule has 13 heavy (non-hydrogen) atoms. The smallest absolute Gasteiger partial charge is 0.194 e. The number of hydrogen-bond acceptors (Lipinski definition) is 2. The number of hydrogen-bond donors (Lipinski definition) is 0. The topological polar surface area (TPSA) is 26.0 Å². The van der Waals surface area contributed by atoms with Gasteiger partial charge in [0.15, 0.2) is 5.89 Å². The molecule has 1 radical (unpaired) electrons. The summed E-state index contributed by atoms with van der Waals surface area (Å²) in [4.78, 5) is 4.39. The van der Waals surface area contributed by atoms with Gasteiger partial charge in [-0.05, 0) is 19.3 Å². The van der Waals surface area contributed by atoms with Crippen LogP contribution in [0.4, 0.5) is 0 Å². The molecular formula is C11H18NO. The van der Waals surface area contributed by atoms with Crippen LogP contribution in [0.2, 0.25) is 0 Å².